The first-order valence-corrected chi connectivity index (χ1v) is 11.7. The lowest BCUT2D eigenvalue weighted by atomic mass is 9.96. The van der Waals surface area contributed by atoms with Gasteiger partial charge in [0.25, 0.3) is 5.56 Å². The minimum atomic E-state index is -1.34. The molecule has 4 rings (SSSR count). The third kappa shape index (κ3) is 6.10. The summed E-state index contributed by atoms with van der Waals surface area (Å²) in [4.78, 5) is 45.4. The average molecular weight is 492 g/mol. The maximum atomic E-state index is 12.7. The van der Waals surface area contributed by atoms with Crippen molar-refractivity contribution in [1.29, 1.82) is 0 Å². The van der Waals surface area contributed by atoms with E-state index in [1.165, 1.54) is 0 Å². The number of fused-ring (bicyclic) bond motifs is 1. The van der Waals surface area contributed by atoms with Gasteiger partial charge in [0.1, 0.15) is 18.0 Å². The zero-order chi connectivity index (χ0) is 25.9. The molecule has 1 aliphatic heterocycles. The molecule has 2 aromatic carbocycles. The molecule has 0 atom stereocenters. The lowest BCUT2D eigenvalue weighted by Gasteiger charge is -2.31. The van der Waals surface area contributed by atoms with Crippen LogP contribution in [0.25, 0.3) is 0 Å². The minimum Gasteiger partial charge on any atom is -0.481 e. The molecule has 3 aromatic rings. The van der Waals surface area contributed by atoms with E-state index >= 15 is 0 Å². The van der Waals surface area contributed by atoms with Crippen molar-refractivity contribution in [3.05, 3.63) is 92.7 Å². The minimum absolute atomic E-state index is 0.0519. The number of carboxylic acid groups (broad SMARTS) is 1. The van der Waals surface area contributed by atoms with E-state index in [4.69, 9.17) is 9.47 Å². The van der Waals surface area contributed by atoms with E-state index in [-0.39, 0.29) is 30.7 Å². The molecule has 0 saturated heterocycles. The molecule has 188 valence electrons. The number of aromatic amines is 1. The molecule has 2 N–H and O–H groups in total. The topological polar surface area (TPSA) is 122 Å². The Balaban J connectivity index is 1.49. The number of hydrogen-bond donors (Lipinski definition) is 2. The fourth-order valence-electron chi connectivity index (χ4n) is 3.99. The number of ether oxygens (including phenoxy) is 2. The van der Waals surface area contributed by atoms with Gasteiger partial charge in [0.15, 0.2) is 5.69 Å². The van der Waals surface area contributed by atoms with Crippen LogP contribution in [0.2, 0.25) is 0 Å². The third-order valence-corrected chi connectivity index (χ3v) is 5.66. The number of carbonyl (C=O) groups excluding carboxylic acids is 1. The number of aromatic nitrogens is 2. The number of benzene rings is 2. The Labute approximate surface area is 208 Å². The van der Waals surface area contributed by atoms with Gasteiger partial charge in [0, 0.05) is 19.5 Å². The number of nitrogens with one attached hydrogen (secondary N) is 1. The van der Waals surface area contributed by atoms with Crippen molar-refractivity contribution in [3.8, 4) is 5.75 Å². The Kier molecular flexibility index (Phi) is 7.10. The summed E-state index contributed by atoms with van der Waals surface area (Å²) < 4.78 is 11.0. The summed E-state index contributed by atoms with van der Waals surface area (Å²) >= 11 is 0. The molecule has 9 heteroatoms. The average Bonchev–Trinajstić information content (AvgIpc) is 2.82. The van der Waals surface area contributed by atoms with Crippen molar-refractivity contribution in [2.75, 3.05) is 6.54 Å². The summed E-state index contributed by atoms with van der Waals surface area (Å²) in [6.07, 6.45) is 0.575. The first kappa shape index (κ1) is 25.0. The number of H-pyrrole nitrogens is 1. The Bertz CT molecular complexity index is 1330. The Hall–Kier alpha value is -4.14. The largest absolute Gasteiger partial charge is 0.481 e. The first-order valence-electron chi connectivity index (χ1n) is 11.7. The normalized spacial score (nSPS) is 13.1. The monoisotopic (exact) mass is 491 g/mol. The standard InChI is InChI=1S/C27H29N3O6/c1-27(2,3)36-26(34)30-12-11-19-13-18(9-10-20(19)15-30)14-21-28-22(25(32)33)23(24(31)29-21)35-16-17-7-5-4-6-8-17/h4-10,13H,11-12,14-16H2,1-3H3,(H,32,33)(H,28,29,31). The van der Waals surface area contributed by atoms with Crippen molar-refractivity contribution in [2.45, 2.75) is 52.4 Å². The molecule has 0 unspecified atom stereocenters. The second-order valence-corrected chi connectivity index (χ2v) is 9.70. The summed E-state index contributed by atoms with van der Waals surface area (Å²) in [5.41, 5.74) is 2.18. The van der Waals surface area contributed by atoms with Crippen molar-refractivity contribution >= 4 is 12.1 Å². The van der Waals surface area contributed by atoms with E-state index in [1.54, 1.807) is 4.90 Å². The third-order valence-electron chi connectivity index (χ3n) is 5.66. The van der Waals surface area contributed by atoms with Gasteiger partial charge in [-0.1, -0.05) is 48.5 Å². The number of carboxylic acids is 1. The van der Waals surface area contributed by atoms with E-state index in [9.17, 15) is 19.5 Å². The first-order chi connectivity index (χ1) is 17.1. The number of aromatic carboxylic acids is 1. The molecular formula is C27H29N3O6. The van der Waals surface area contributed by atoms with Crippen LogP contribution >= 0.6 is 0 Å². The van der Waals surface area contributed by atoms with Crippen LogP contribution in [0.4, 0.5) is 4.79 Å². The Morgan fingerprint density at radius 3 is 2.53 bits per heavy atom. The molecule has 1 aromatic heterocycles. The highest BCUT2D eigenvalue weighted by Crippen LogP contribution is 2.23. The maximum Gasteiger partial charge on any atom is 0.410 e. The van der Waals surface area contributed by atoms with Gasteiger partial charge in [-0.15, -0.1) is 0 Å². The molecule has 0 radical (unpaired) electrons. The van der Waals surface area contributed by atoms with Gasteiger partial charge in [-0.05, 0) is 49.4 Å². The van der Waals surface area contributed by atoms with Crippen LogP contribution in [0.5, 0.6) is 5.75 Å². The van der Waals surface area contributed by atoms with E-state index in [1.807, 2.05) is 69.3 Å². The molecule has 0 saturated carbocycles. The maximum absolute atomic E-state index is 12.7. The zero-order valence-corrected chi connectivity index (χ0v) is 20.5. The number of carbonyl (C=O) groups is 2. The predicted molar refractivity (Wildman–Crippen MR) is 132 cm³/mol. The van der Waals surface area contributed by atoms with Gasteiger partial charge < -0.3 is 24.5 Å². The van der Waals surface area contributed by atoms with Crippen LogP contribution in [-0.2, 0) is 30.7 Å². The molecule has 1 amide bonds. The zero-order valence-electron chi connectivity index (χ0n) is 20.5. The Morgan fingerprint density at radius 1 is 1.08 bits per heavy atom. The number of rotatable bonds is 6. The molecule has 0 spiro atoms. The van der Waals surface area contributed by atoms with Crippen molar-refractivity contribution in [1.82, 2.24) is 14.9 Å². The lowest BCUT2D eigenvalue weighted by Crippen LogP contribution is -2.39. The van der Waals surface area contributed by atoms with Gasteiger partial charge in [0.05, 0.1) is 0 Å². The fraction of sp³-hybridized carbons (Fsp3) is 0.333. The van der Waals surface area contributed by atoms with Crippen LogP contribution in [0, 0.1) is 0 Å². The number of hydrogen-bond acceptors (Lipinski definition) is 6. The fourth-order valence-corrected chi connectivity index (χ4v) is 3.99. The molecule has 9 nitrogen and oxygen atoms in total. The second kappa shape index (κ2) is 10.2. The van der Waals surface area contributed by atoms with E-state index in [0.29, 0.717) is 19.5 Å². The summed E-state index contributed by atoms with van der Waals surface area (Å²) in [6.45, 7) is 6.56. The van der Waals surface area contributed by atoms with Crippen molar-refractivity contribution in [3.63, 3.8) is 0 Å². The predicted octanol–water partition coefficient (Wildman–Crippen LogP) is 3.93. The molecule has 1 aliphatic rings. The van der Waals surface area contributed by atoms with E-state index in [2.05, 4.69) is 9.97 Å². The van der Waals surface area contributed by atoms with Crippen LogP contribution in [0.3, 0.4) is 0 Å². The summed E-state index contributed by atoms with van der Waals surface area (Å²) in [6, 6.07) is 15.0. The summed E-state index contributed by atoms with van der Waals surface area (Å²) in [5, 5.41) is 9.64. The lowest BCUT2D eigenvalue weighted by molar-refractivity contribution is 0.0223. The van der Waals surface area contributed by atoms with Gasteiger partial charge in [-0.3, -0.25) is 4.79 Å². The van der Waals surface area contributed by atoms with Crippen molar-refractivity contribution < 1.29 is 24.2 Å². The Morgan fingerprint density at radius 2 is 1.83 bits per heavy atom. The quantitative estimate of drug-likeness (QED) is 0.536. The van der Waals surface area contributed by atoms with Crippen LogP contribution in [-0.4, -0.2) is 44.2 Å². The molecule has 0 bridgehead atoms. The van der Waals surface area contributed by atoms with Crippen molar-refractivity contribution in [2.24, 2.45) is 0 Å². The van der Waals surface area contributed by atoms with Crippen LogP contribution in [0.15, 0.2) is 53.3 Å². The highest BCUT2D eigenvalue weighted by molar-refractivity contribution is 5.88. The van der Waals surface area contributed by atoms with Gasteiger partial charge in [-0.25, -0.2) is 14.6 Å². The highest BCUT2D eigenvalue weighted by Gasteiger charge is 2.26. The van der Waals surface area contributed by atoms with Gasteiger partial charge in [0.2, 0.25) is 5.75 Å². The van der Waals surface area contributed by atoms with E-state index in [0.717, 1.165) is 22.3 Å². The highest BCUT2D eigenvalue weighted by atomic mass is 16.6. The number of amides is 1. The molecule has 0 aliphatic carbocycles. The summed E-state index contributed by atoms with van der Waals surface area (Å²) in [7, 11) is 0. The molecule has 0 fully saturated rings. The smallest absolute Gasteiger partial charge is 0.410 e. The van der Waals surface area contributed by atoms with Crippen LogP contribution < -0.4 is 10.3 Å². The number of nitrogens with zero attached hydrogens (tertiary/aromatic N) is 2. The van der Waals surface area contributed by atoms with Gasteiger partial charge >= 0.3 is 12.1 Å². The summed E-state index contributed by atoms with van der Waals surface area (Å²) in [5.74, 6) is -1.42. The SMILES string of the molecule is CC(C)(C)OC(=O)N1CCc2cc(Cc3nc(C(=O)O)c(OCc4ccccc4)c(=O)[nH]3)ccc2C1. The molecular weight excluding hydrogens is 462 g/mol. The second-order valence-electron chi connectivity index (χ2n) is 9.70. The van der Waals surface area contributed by atoms with Crippen LogP contribution in [0.1, 0.15) is 59.3 Å². The van der Waals surface area contributed by atoms with Gasteiger partial charge in [-0.2, -0.15) is 0 Å². The molecule has 36 heavy (non-hydrogen) atoms. The molecule has 2 heterocycles. The van der Waals surface area contributed by atoms with E-state index < -0.39 is 22.8 Å².